The summed E-state index contributed by atoms with van der Waals surface area (Å²) in [7, 11) is 0. The van der Waals surface area contributed by atoms with Crippen molar-refractivity contribution in [1.82, 2.24) is 9.80 Å². The zero-order valence-corrected chi connectivity index (χ0v) is 11.2. The van der Waals surface area contributed by atoms with Gasteiger partial charge >= 0.3 is 5.97 Å². The van der Waals surface area contributed by atoms with Gasteiger partial charge in [-0.2, -0.15) is 0 Å². The molecule has 0 aromatic heterocycles. The minimum Gasteiger partial charge on any atom is -0.480 e. The quantitative estimate of drug-likeness (QED) is 0.794. The number of carboxylic acids is 1. The molecule has 2 atom stereocenters. The van der Waals surface area contributed by atoms with Gasteiger partial charge in [-0.15, -0.1) is 0 Å². The van der Waals surface area contributed by atoms with E-state index in [-0.39, 0.29) is 6.54 Å². The second-order valence-corrected chi connectivity index (χ2v) is 5.42. The molecule has 2 fully saturated rings. The van der Waals surface area contributed by atoms with Gasteiger partial charge in [-0.1, -0.05) is 0 Å². The summed E-state index contributed by atoms with van der Waals surface area (Å²) < 4.78 is 5.46. The third-order valence-corrected chi connectivity index (χ3v) is 4.21. The lowest BCUT2D eigenvalue weighted by Crippen LogP contribution is -2.41. The highest BCUT2D eigenvalue weighted by Gasteiger charge is 2.28. The Morgan fingerprint density at radius 3 is 2.89 bits per heavy atom. The SMILES string of the molecule is CC(C1CCOC1)N1CCCN(CC(=O)O)CC1. The van der Waals surface area contributed by atoms with Crippen LogP contribution in [0.15, 0.2) is 0 Å². The molecule has 104 valence electrons. The summed E-state index contributed by atoms with van der Waals surface area (Å²) in [4.78, 5) is 15.3. The molecule has 0 amide bonds. The highest BCUT2D eigenvalue weighted by molar-refractivity contribution is 5.69. The minimum atomic E-state index is -0.722. The first kappa shape index (κ1) is 13.8. The molecule has 2 unspecified atom stereocenters. The number of nitrogens with zero attached hydrogens (tertiary/aromatic N) is 2. The Balaban J connectivity index is 1.82. The molecule has 0 saturated carbocycles. The lowest BCUT2D eigenvalue weighted by Gasteiger charge is -2.31. The van der Waals surface area contributed by atoms with Crippen molar-refractivity contribution in [3.8, 4) is 0 Å². The fourth-order valence-electron chi connectivity index (χ4n) is 2.98. The topological polar surface area (TPSA) is 53.0 Å². The highest BCUT2D eigenvalue weighted by atomic mass is 16.5. The van der Waals surface area contributed by atoms with Gasteiger partial charge in [-0.25, -0.2) is 0 Å². The molecule has 0 aliphatic carbocycles. The fraction of sp³-hybridized carbons (Fsp3) is 0.923. The van der Waals surface area contributed by atoms with Crippen LogP contribution in [0, 0.1) is 5.92 Å². The summed E-state index contributed by atoms with van der Waals surface area (Å²) in [6, 6.07) is 0.553. The molecule has 0 bridgehead atoms. The van der Waals surface area contributed by atoms with Crippen molar-refractivity contribution in [1.29, 1.82) is 0 Å². The highest BCUT2D eigenvalue weighted by Crippen LogP contribution is 2.21. The van der Waals surface area contributed by atoms with E-state index in [0.29, 0.717) is 12.0 Å². The van der Waals surface area contributed by atoms with E-state index in [0.717, 1.165) is 52.2 Å². The third kappa shape index (κ3) is 3.67. The molecule has 5 nitrogen and oxygen atoms in total. The van der Waals surface area contributed by atoms with Gasteiger partial charge in [0.1, 0.15) is 0 Å². The smallest absolute Gasteiger partial charge is 0.317 e. The monoisotopic (exact) mass is 256 g/mol. The first-order valence-electron chi connectivity index (χ1n) is 6.93. The molecule has 2 saturated heterocycles. The van der Waals surface area contributed by atoms with Gasteiger partial charge in [-0.05, 0) is 32.2 Å². The fourth-order valence-corrected chi connectivity index (χ4v) is 2.98. The van der Waals surface area contributed by atoms with Crippen molar-refractivity contribution in [2.45, 2.75) is 25.8 Å². The number of carbonyl (C=O) groups is 1. The molecule has 2 rings (SSSR count). The van der Waals surface area contributed by atoms with Gasteiger partial charge in [0, 0.05) is 32.3 Å². The van der Waals surface area contributed by atoms with Gasteiger partial charge < -0.3 is 9.84 Å². The number of ether oxygens (including phenoxy) is 1. The average molecular weight is 256 g/mol. The van der Waals surface area contributed by atoms with Crippen molar-refractivity contribution >= 4 is 5.97 Å². The predicted molar refractivity (Wildman–Crippen MR) is 68.7 cm³/mol. The van der Waals surface area contributed by atoms with Crippen LogP contribution in [0.3, 0.4) is 0 Å². The first-order chi connectivity index (χ1) is 8.66. The summed E-state index contributed by atoms with van der Waals surface area (Å²) in [6.07, 6.45) is 2.22. The van der Waals surface area contributed by atoms with Crippen molar-refractivity contribution in [2.24, 2.45) is 5.92 Å². The second-order valence-electron chi connectivity index (χ2n) is 5.42. The van der Waals surface area contributed by atoms with Crippen molar-refractivity contribution in [2.75, 3.05) is 45.9 Å². The van der Waals surface area contributed by atoms with Gasteiger partial charge in [0.25, 0.3) is 0 Å². The Hall–Kier alpha value is -0.650. The van der Waals surface area contributed by atoms with E-state index in [1.807, 2.05) is 4.90 Å². The van der Waals surface area contributed by atoms with Crippen molar-refractivity contribution in [3.05, 3.63) is 0 Å². The zero-order valence-electron chi connectivity index (χ0n) is 11.2. The molecular formula is C13H24N2O3. The van der Waals surface area contributed by atoms with E-state index in [1.165, 1.54) is 0 Å². The number of hydrogen-bond acceptors (Lipinski definition) is 4. The van der Waals surface area contributed by atoms with Crippen LogP contribution in [0.4, 0.5) is 0 Å². The molecule has 5 heteroatoms. The van der Waals surface area contributed by atoms with Crippen LogP contribution >= 0.6 is 0 Å². The predicted octanol–water partition coefficient (Wildman–Crippen LogP) is 0.504. The molecule has 18 heavy (non-hydrogen) atoms. The van der Waals surface area contributed by atoms with E-state index in [2.05, 4.69) is 11.8 Å². The standard InChI is InChI=1S/C13H24N2O3/c1-11(12-3-8-18-10-12)15-5-2-4-14(6-7-15)9-13(16)17/h11-12H,2-10H2,1H3,(H,16,17). The van der Waals surface area contributed by atoms with E-state index < -0.39 is 5.97 Å². The normalized spacial score (nSPS) is 29.1. The first-order valence-corrected chi connectivity index (χ1v) is 6.93. The van der Waals surface area contributed by atoms with Crippen LogP contribution in [0.25, 0.3) is 0 Å². The van der Waals surface area contributed by atoms with Crippen LogP contribution in [0.1, 0.15) is 19.8 Å². The summed E-state index contributed by atoms with van der Waals surface area (Å²) in [6.45, 7) is 8.06. The molecular weight excluding hydrogens is 232 g/mol. The molecule has 2 heterocycles. The van der Waals surface area contributed by atoms with Gasteiger partial charge in [0.15, 0.2) is 0 Å². The summed E-state index contributed by atoms with van der Waals surface area (Å²) in [5.41, 5.74) is 0. The molecule has 0 spiro atoms. The lowest BCUT2D eigenvalue weighted by atomic mass is 9.99. The maximum atomic E-state index is 10.7. The minimum absolute atomic E-state index is 0.175. The number of carboxylic acid groups (broad SMARTS) is 1. The Kier molecular flexibility index (Phi) is 4.97. The molecule has 0 aromatic carbocycles. The lowest BCUT2D eigenvalue weighted by molar-refractivity contribution is -0.138. The molecule has 2 aliphatic rings. The van der Waals surface area contributed by atoms with Crippen molar-refractivity contribution < 1.29 is 14.6 Å². The zero-order chi connectivity index (χ0) is 13.0. The van der Waals surface area contributed by atoms with E-state index in [1.54, 1.807) is 0 Å². The molecule has 1 N–H and O–H groups in total. The van der Waals surface area contributed by atoms with Crippen LogP contribution in [0.2, 0.25) is 0 Å². The maximum Gasteiger partial charge on any atom is 0.317 e. The molecule has 2 aliphatic heterocycles. The third-order valence-electron chi connectivity index (χ3n) is 4.21. The van der Waals surface area contributed by atoms with Crippen LogP contribution in [-0.2, 0) is 9.53 Å². The van der Waals surface area contributed by atoms with Gasteiger partial charge in [0.05, 0.1) is 13.2 Å². The van der Waals surface area contributed by atoms with Crippen LogP contribution in [-0.4, -0.2) is 72.9 Å². The van der Waals surface area contributed by atoms with Gasteiger partial charge in [-0.3, -0.25) is 14.6 Å². The van der Waals surface area contributed by atoms with E-state index in [4.69, 9.17) is 9.84 Å². The largest absolute Gasteiger partial charge is 0.480 e. The van der Waals surface area contributed by atoms with Gasteiger partial charge in [0.2, 0.25) is 0 Å². The Morgan fingerprint density at radius 1 is 1.39 bits per heavy atom. The Bertz CT molecular complexity index is 279. The summed E-state index contributed by atoms with van der Waals surface area (Å²) in [5, 5.41) is 8.83. The summed E-state index contributed by atoms with van der Waals surface area (Å²) >= 11 is 0. The molecule has 0 aromatic rings. The summed E-state index contributed by atoms with van der Waals surface area (Å²) in [5.74, 6) is -0.0725. The van der Waals surface area contributed by atoms with Crippen LogP contribution < -0.4 is 0 Å². The van der Waals surface area contributed by atoms with Crippen LogP contribution in [0.5, 0.6) is 0 Å². The molecule has 0 radical (unpaired) electrons. The average Bonchev–Trinajstić information content (AvgIpc) is 2.76. The Labute approximate surface area is 109 Å². The van der Waals surface area contributed by atoms with E-state index in [9.17, 15) is 4.79 Å². The van der Waals surface area contributed by atoms with E-state index >= 15 is 0 Å². The maximum absolute atomic E-state index is 10.7. The Morgan fingerprint density at radius 2 is 2.22 bits per heavy atom. The second kappa shape index (κ2) is 6.50. The number of hydrogen-bond donors (Lipinski definition) is 1. The number of rotatable bonds is 4. The van der Waals surface area contributed by atoms with Crippen molar-refractivity contribution in [3.63, 3.8) is 0 Å². The number of aliphatic carboxylic acids is 1.